The van der Waals surface area contributed by atoms with Crippen molar-refractivity contribution in [3.05, 3.63) is 102 Å². The Hall–Kier alpha value is -2.92. The van der Waals surface area contributed by atoms with E-state index in [0.717, 1.165) is 31.7 Å². The van der Waals surface area contributed by atoms with Gasteiger partial charge in [0.2, 0.25) is 0 Å². The molecule has 4 aromatic carbocycles. The fraction of sp³-hybridized carbons (Fsp3) is 0.161. The van der Waals surface area contributed by atoms with Gasteiger partial charge in [-0.05, 0) is 88.6 Å². The van der Waals surface area contributed by atoms with Gasteiger partial charge in [0.15, 0.2) is 11.5 Å². The number of ether oxygens (including phenoxy) is 3. The summed E-state index contributed by atoms with van der Waals surface area (Å²) in [5.41, 5.74) is 1.50. The third-order valence-electron chi connectivity index (χ3n) is 6.21. The lowest BCUT2D eigenvalue weighted by molar-refractivity contribution is -0.123. The molecule has 1 fully saturated rings. The SMILES string of the molecule is CCOc1cc(/C=C2\SC(=O)N(CCOc3cccc4ccccc34)C2=O)cc(I)c1OCc1ccc(Cl)cc1Cl. The molecule has 10 heteroatoms. The first-order valence-electron chi connectivity index (χ1n) is 12.7. The van der Waals surface area contributed by atoms with E-state index in [1.165, 1.54) is 4.90 Å². The quantitative estimate of drug-likeness (QED) is 0.121. The van der Waals surface area contributed by atoms with Crippen molar-refractivity contribution >= 4 is 85.5 Å². The Morgan fingerprint density at radius 1 is 0.927 bits per heavy atom. The summed E-state index contributed by atoms with van der Waals surface area (Å²) in [7, 11) is 0. The van der Waals surface area contributed by atoms with Crippen molar-refractivity contribution in [2.45, 2.75) is 13.5 Å². The van der Waals surface area contributed by atoms with Gasteiger partial charge in [0.05, 0.1) is 21.6 Å². The van der Waals surface area contributed by atoms with E-state index in [0.29, 0.717) is 44.4 Å². The summed E-state index contributed by atoms with van der Waals surface area (Å²) >= 11 is 15.4. The molecule has 0 bridgehead atoms. The third kappa shape index (κ3) is 6.94. The number of benzene rings is 4. The van der Waals surface area contributed by atoms with Crippen molar-refractivity contribution in [3.8, 4) is 17.2 Å². The number of halogens is 3. The molecule has 2 amide bonds. The van der Waals surface area contributed by atoms with Crippen LogP contribution in [0.5, 0.6) is 17.2 Å². The van der Waals surface area contributed by atoms with Crippen molar-refractivity contribution in [2.24, 2.45) is 0 Å². The van der Waals surface area contributed by atoms with E-state index in [1.54, 1.807) is 24.3 Å². The van der Waals surface area contributed by atoms with E-state index in [-0.39, 0.29) is 30.9 Å². The maximum absolute atomic E-state index is 13.1. The summed E-state index contributed by atoms with van der Waals surface area (Å²) in [5, 5.41) is 2.77. The van der Waals surface area contributed by atoms with Crippen LogP contribution in [0.3, 0.4) is 0 Å². The zero-order valence-corrected chi connectivity index (χ0v) is 26.4. The number of carbonyl (C=O) groups excluding carboxylic acids is 2. The first kappa shape index (κ1) is 29.6. The summed E-state index contributed by atoms with van der Waals surface area (Å²) < 4.78 is 18.7. The molecule has 0 aliphatic carbocycles. The monoisotopic (exact) mass is 719 g/mol. The molecule has 0 N–H and O–H groups in total. The van der Waals surface area contributed by atoms with Crippen LogP contribution in [0.2, 0.25) is 10.0 Å². The summed E-state index contributed by atoms with van der Waals surface area (Å²) in [5.74, 6) is 1.45. The number of hydrogen-bond acceptors (Lipinski definition) is 6. The van der Waals surface area contributed by atoms with Crippen LogP contribution in [0, 0.1) is 3.57 Å². The highest BCUT2D eigenvalue weighted by atomic mass is 127. The van der Waals surface area contributed by atoms with E-state index in [9.17, 15) is 9.59 Å². The Bertz CT molecular complexity index is 1660. The van der Waals surface area contributed by atoms with Gasteiger partial charge in [0.1, 0.15) is 19.0 Å². The van der Waals surface area contributed by atoms with Crippen LogP contribution in [0.4, 0.5) is 4.79 Å². The minimum Gasteiger partial charge on any atom is -0.491 e. The molecule has 0 saturated carbocycles. The van der Waals surface area contributed by atoms with Gasteiger partial charge >= 0.3 is 0 Å². The fourth-order valence-corrected chi connectivity index (χ4v) is 6.38. The average molecular weight is 720 g/mol. The Balaban J connectivity index is 1.28. The van der Waals surface area contributed by atoms with Crippen LogP contribution < -0.4 is 14.2 Å². The van der Waals surface area contributed by atoms with Gasteiger partial charge in [0.25, 0.3) is 11.1 Å². The minimum absolute atomic E-state index is 0.146. The van der Waals surface area contributed by atoms with Crippen molar-refractivity contribution < 1.29 is 23.8 Å². The Morgan fingerprint density at radius 3 is 2.54 bits per heavy atom. The molecular formula is C31H24Cl2INO5S. The predicted molar refractivity (Wildman–Crippen MR) is 173 cm³/mol. The van der Waals surface area contributed by atoms with E-state index in [2.05, 4.69) is 22.6 Å². The van der Waals surface area contributed by atoms with E-state index in [4.69, 9.17) is 37.4 Å². The van der Waals surface area contributed by atoms with Gasteiger partial charge in [0, 0.05) is 21.0 Å². The number of carbonyl (C=O) groups is 2. The lowest BCUT2D eigenvalue weighted by atomic mass is 10.1. The first-order valence-corrected chi connectivity index (χ1v) is 15.4. The van der Waals surface area contributed by atoms with Crippen molar-refractivity contribution in [1.82, 2.24) is 4.90 Å². The van der Waals surface area contributed by atoms with Crippen LogP contribution in [0.25, 0.3) is 16.8 Å². The Kier molecular flexibility index (Phi) is 9.64. The zero-order valence-electron chi connectivity index (χ0n) is 21.9. The molecule has 1 aliphatic heterocycles. The number of nitrogens with zero attached hydrogens (tertiary/aromatic N) is 1. The average Bonchev–Trinajstić information content (AvgIpc) is 3.21. The molecule has 0 spiro atoms. The number of thioether (sulfide) groups is 1. The van der Waals surface area contributed by atoms with Crippen molar-refractivity contribution in [2.75, 3.05) is 19.8 Å². The summed E-state index contributed by atoms with van der Waals surface area (Å²) in [6.07, 6.45) is 1.70. The van der Waals surface area contributed by atoms with Crippen molar-refractivity contribution in [3.63, 3.8) is 0 Å². The Morgan fingerprint density at radius 2 is 1.73 bits per heavy atom. The summed E-state index contributed by atoms with van der Waals surface area (Å²) in [6.45, 7) is 2.86. The molecule has 6 nitrogen and oxygen atoms in total. The maximum Gasteiger partial charge on any atom is 0.293 e. The third-order valence-corrected chi connectivity index (χ3v) is 8.51. The second-order valence-corrected chi connectivity index (χ2v) is 11.9. The molecule has 210 valence electrons. The second kappa shape index (κ2) is 13.4. The number of rotatable bonds is 10. The van der Waals surface area contributed by atoms with Gasteiger partial charge in [-0.2, -0.15) is 0 Å². The second-order valence-electron chi connectivity index (χ2n) is 8.95. The predicted octanol–water partition coefficient (Wildman–Crippen LogP) is 8.84. The molecule has 0 radical (unpaired) electrons. The zero-order chi connectivity index (χ0) is 28.9. The molecule has 1 aliphatic rings. The number of fused-ring (bicyclic) bond motifs is 1. The molecule has 1 heterocycles. The van der Waals surface area contributed by atoms with Gasteiger partial charge in [-0.25, -0.2) is 0 Å². The van der Waals surface area contributed by atoms with Crippen LogP contribution >= 0.6 is 57.6 Å². The molecule has 0 unspecified atom stereocenters. The molecule has 0 aromatic heterocycles. The lowest BCUT2D eigenvalue weighted by Crippen LogP contribution is -2.32. The Labute approximate surface area is 265 Å². The normalized spacial score (nSPS) is 14.2. The fourth-order valence-electron chi connectivity index (χ4n) is 4.28. The number of imide groups is 1. The van der Waals surface area contributed by atoms with Crippen LogP contribution in [0.1, 0.15) is 18.1 Å². The van der Waals surface area contributed by atoms with Gasteiger partial charge < -0.3 is 14.2 Å². The topological polar surface area (TPSA) is 65.1 Å². The molecule has 4 aromatic rings. The van der Waals surface area contributed by atoms with Crippen molar-refractivity contribution in [1.29, 1.82) is 0 Å². The largest absolute Gasteiger partial charge is 0.491 e. The number of amides is 2. The highest BCUT2D eigenvalue weighted by molar-refractivity contribution is 14.1. The number of hydrogen-bond donors (Lipinski definition) is 0. The van der Waals surface area contributed by atoms with Crippen LogP contribution in [0.15, 0.2) is 77.7 Å². The first-order chi connectivity index (χ1) is 19.8. The van der Waals surface area contributed by atoms with E-state index < -0.39 is 0 Å². The standard InChI is InChI=1S/C31H24Cl2INO5S/c1-2-38-27-15-19(14-25(34)29(27)40-18-21-10-11-22(32)17-24(21)33)16-28-30(36)35(31(37)41-28)12-13-39-26-9-5-7-20-6-3-4-8-23(20)26/h3-11,14-17H,2,12-13,18H2,1H3/b28-16-. The molecule has 1 saturated heterocycles. The molecule has 5 rings (SSSR count). The molecular weight excluding hydrogens is 696 g/mol. The maximum atomic E-state index is 13.1. The lowest BCUT2D eigenvalue weighted by Gasteiger charge is -2.16. The highest BCUT2D eigenvalue weighted by Gasteiger charge is 2.35. The van der Waals surface area contributed by atoms with Crippen LogP contribution in [-0.2, 0) is 11.4 Å². The highest BCUT2D eigenvalue weighted by Crippen LogP contribution is 2.38. The van der Waals surface area contributed by atoms with Gasteiger partial charge in [-0.15, -0.1) is 0 Å². The van der Waals surface area contributed by atoms with E-state index >= 15 is 0 Å². The van der Waals surface area contributed by atoms with Crippen LogP contribution in [-0.4, -0.2) is 35.8 Å². The van der Waals surface area contributed by atoms with E-state index in [1.807, 2.05) is 61.5 Å². The smallest absolute Gasteiger partial charge is 0.293 e. The summed E-state index contributed by atoms with van der Waals surface area (Å²) in [6, 6.07) is 22.6. The van der Waals surface area contributed by atoms with Gasteiger partial charge in [-0.3, -0.25) is 14.5 Å². The van der Waals surface area contributed by atoms with Gasteiger partial charge in [-0.1, -0.05) is 65.7 Å². The molecule has 0 atom stereocenters. The molecule has 41 heavy (non-hydrogen) atoms. The summed E-state index contributed by atoms with van der Waals surface area (Å²) in [4.78, 5) is 27.4. The minimum atomic E-state index is -0.354.